The summed E-state index contributed by atoms with van der Waals surface area (Å²) in [6, 6.07) is 14.2. The summed E-state index contributed by atoms with van der Waals surface area (Å²) >= 11 is 0. The van der Waals surface area contributed by atoms with Crippen LogP contribution in [0.5, 0.6) is 0 Å². The zero-order valence-electron chi connectivity index (χ0n) is 14.8. The first-order valence-electron chi connectivity index (χ1n) is 8.39. The van der Waals surface area contributed by atoms with E-state index in [-0.39, 0.29) is 12.3 Å². The van der Waals surface area contributed by atoms with Gasteiger partial charge in [-0.2, -0.15) is 18.4 Å². The Bertz CT molecular complexity index is 1000. The number of carbonyl (C=O) groups excluding carboxylic acids is 1. The maximum Gasteiger partial charge on any atom is 0.458 e. The predicted octanol–water partition coefficient (Wildman–Crippen LogP) is 3.26. The zero-order valence-corrected chi connectivity index (χ0v) is 14.8. The average Bonchev–Trinajstić information content (AvgIpc) is 3.10. The van der Waals surface area contributed by atoms with Crippen molar-refractivity contribution in [2.45, 2.75) is 24.9 Å². The van der Waals surface area contributed by atoms with Crippen molar-refractivity contribution in [3.8, 4) is 6.07 Å². The lowest BCUT2D eigenvalue weighted by atomic mass is 10.0. The first kappa shape index (κ1) is 20.2. The number of carbonyl (C=O) groups is 1. The van der Waals surface area contributed by atoms with E-state index in [2.05, 4.69) is 20.6 Å². The monoisotopic (exact) mass is 404 g/mol. The zero-order chi connectivity index (χ0) is 21.1. The van der Waals surface area contributed by atoms with Gasteiger partial charge in [0.2, 0.25) is 0 Å². The van der Waals surface area contributed by atoms with Crippen LogP contribution in [0.15, 0.2) is 53.7 Å². The molecule has 0 aromatic heterocycles. The van der Waals surface area contributed by atoms with Crippen molar-refractivity contribution in [2.75, 3.05) is 5.32 Å². The average molecular weight is 404 g/mol. The topological polar surface area (TPSA) is 107 Å². The minimum Gasteiger partial charge on any atom is -0.350 e. The summed E-state index contributed by atoms with van der Waals surface area (Å²) in [4.78, 5) is 16.2. The number of nitrogens with zero attached hydrogens (tertiary/aromatic N) is 2. The van der Waals surface area contributed by atoms with Gasteiger partial charge in [-0.15, -0.1) is 0 Å². The molecule has 1 aliphatic rings. The molecule has 0 bridgehead atoms. The molecule has 150 valence electrons. The number of benzene rings is 2. The van der Waals surface area contributed by atoms with Crippen LogP contribution in [0.25, 0.3) is 0 Å². The van der Waals surface area contributed by atoms with Crippen LogP contribution >= 0.6 is 0 Å². The van der Waals surface area contributed by atoms with Crippen molar-refractivity contribution in [3.05, 3.63) is 65.2 Å². The van der Waals surface area contributed by atoms with E-state index < -0.39 is 24.4 Å². The Morgan fingerprint density at radius 1 is 1.28 bits per heavy atom. The van der Waals surface area contributed by atoms with E-state index in [9.17, 15) is 23.1 Å². The second kappa shape index (κ2) is 7.81. The van der Waals surface area contributed by atoms with Gasteiger partial charge in [-0.25, -0.2) is 4.79 Å². The number of nitrogens with one attached hydrogen (secondary N) is 2. The summed E-state index contributed by atoms with van der Waals surface area (Å²) in [6.45, 7) is 0.0925. The molecule has 7 nitrogen and oxygen atoms in total. The molecular weight excluding hydrogens is 389 g/mol. The smallest absolute Gasteiger partial charge is 0.350 e. The van der Waals surface area contributed by atoms with Crippen LogP contribution in [-0.2, 0) is 11.4 Å². The SMILES string of the molecule is N#Cc1cccc(NC(=O)NCc2cccc(C3=NOC(O)(C(F)(F)F)C3)c2)c1. The number of amides is 2. The van der Waals surface area contributed by atoms with E-state index in [1.807, 2.05) is 6.07 Å². The Hall–Kier alpha value is -3.58. The quantitative estimate of drug-likeness (QED) is 0.727. The molecule has 0 fully saturated rings. The maximum absolute atomic E-state index is 12.8. The first-order chi connectivity index (χ1) is 13.7. The molecule has 3 N–H and O–H groups in total. The first-order valence-corrected chi connectivity index (χ1v) is 8.39. The standard InChI is InChI=1S/C19H15F3N4O3/c20-19(21,22)18(28)9-16(26-29-18)14-5-1-4-13(7-14)11-24-17(27)25-15-6-2-3-12(8-15)10-23/h1-8,28H,9,11H2,(H2,24,25,27). The number of anilines is 1. The van der Waals surface area contributed by atoms with Crippen molar-refractivity contribution in [3.63, 3.8) is 0 Å². The third-order valence-electron chi connectivity index (χ3n) is 4.12. The maximum atomic E-state index is 12.8. The molecule has 1 heterocycles. The highest BCUT2D eigenvalue weighted by Gasteiger charge is 2.60. The Labute approximate surface area is 163 Å². The van der Waals surface area contributed by atoms with Gasteiger partial charge in [-0.1, -0.05) is 29.4 Å². The van der Waals surface area contributed by atoms with E-state index in [1.165, 1.54) is 12.1 Å². The van der Waals surface area contributed by atoms with Crippen molar-refractivity contribution in [2.24, 2.45) is 5.16 Å². The summed E-state index contributed by atoms with van der Waals surface area (Å²) in [5, 5.41) is 26.9. The van der Waals surface area contributed by atoms with Crippen molar-refractivity contribution >= 4 is 17.4 Å². The summed E-state index contributed by atoms with van der Waals surface area (Å²) < 4.78 is 38.5. The lowest BCUT2D eigenvalue weighted by Crippen LogP contribution is -2.45. The number of hydrogen-bond donors (Lipinski definition) is 3. The fraction of sp³-hybridized carbons (Fsp3) is 0.211. The van der Waals surface area contributed by atoms with E-state index in [4.69, 9.17) is 5.26 Å². The molecular formula is C19H15F3N4O3. The van der Waals surface area contributed by atoms with Gasteiger partial charge < -0.3 is 20.6 Å². The minimum absolute atomic E-state index is 0.0514. The van der Waals surface area contributed by atoms with Crippen LogP contribution in [0, 0.1) is 11.3 Å². The van der Waals surface area contributed by atoms with Gasteiger partial charge in [0.05, 0.1) is 23.8 Å². The summed E-state index contributed by atoms with van der Waals surface area (Å²) in [7, 11) is 0. The van der Waals surface area contributed by atoms with Crippen molar-refractivity contribution < 1.29 is 27.9 Å². The number of halogens is 3. The van der Waals surface area contributed by atoms with Crippen LogP contribution in [0.3, 0.4) is 0 Å². The van der Waals surface area contributed by atoms with Crippen LogP contribution in [0.1, 0.15) is 23.1 Å². The van der Waals surface area contributed by atoms with Crippen LogP contribution in [0.2, 0.25) is 0 Å². The lowest BCUT2D eigenvalue weighted by molar-refractivity contribution is -0.355. The third-order valence-corrected chi connectivity index (χ3v) is 4.12. The van der Waals surface area contributed by atoms with E-state index in [0.29, 0.717) is 22.4 Å². The van der Waals surface area contributed by atoms with E-state index in [0.717, 1.165) is 0 Å². The normalized spacial score (nSPS) is 18.4. The fourth-order valence-corrected chi connectivity index (χ4v) is 2.61. The fourth-order valence-electron chi connectivity index (χ4n) is 2.61. The number of oxime groups is 1. The molecule has 1 aliphatic heterocycles. The molecule has 29 heavy (non-hydrogen) atoms. The van der Waals surface area contributed by atoms with Crippen LogP contribution < -0.4 is 10.6 Å². The molecule has 2 aromatic rings. The van der Waals surface area contributed by atoms with Gasteiger partial charge in [0.25, 0.3) is 0 Å². The second-order valence-corrected chi connectivity index (χ2v) is 6.29. The highest BCUT2D eigenvalue weighted by atomic mass is 19.4. The number of nitriles is 1. The summed E-state index contributed by atoms with van der Waals surface area (Å²) in [6.07, 6.45) is -5.80. The number of alkyl halides is 3. The van der Waals surface area contributed by atoms with Gasteiger partial charge in [0.1, 0.15) is 0 Å². The van der Waals surface area contributed by atoms with Gasteiger partial charge in [0.15, 0.2) is 0 Å². The largest absolute Gasteiger partial charge is 0.458 e. The molecule has 0 aliphatic carbocycles. The number of rotatable bonds is 4. The molecule has 0 radical (unpaired) electrons. The molecule has 0 spiro atoms. The Kier molecular flexibility index (Phi) is 5.43. The number of hydrogen-bond acceptors (Lipinski definition) is 5. The van der Waals surface area contributed by atoms with Gasteiger partial charge >= 0.3 is 18.0 Å². The third kappa shape index (κ3) is 4.64. The highest BCUT2D eigenvalue weighted by molar-refractivity contribution is 6.01. The summed E-state index contributed by atoms with van der Waals surface area (Å²) in [5.74, 6) is -3.34. The molecule has 3 rings (SSSR count). The molecule has 1 atom stereocenters. The molecule has 0 saturated carbocycles. The molecule has 1 unspecified atom stereocenters. The van der Waals surface area contributed by atoms with Crippen LogP contribution in [-0.4, -0.2) is 28.8 Å². The minimum atomic E-state index is -4.97. The van der Waals surface area contributed by atoms with Gasteiger partial charge in [-0.3, -0.25) is 0 Å². The molecule has 2 amide bonds. The van der Waals surface area contributed by atoms with Gasteiger partial charge in [-0.05, 0) is 35.4 Å². The second-order valence-electron chi connectivity index (χ2n) is 6.29. The Morgan fingerprint density at radius 2 is 2.03 bits per heavy atom. The van der Waals surface area contributed by atoms with E-state index in [1.54, 1.807) is 36.4 Å². The van der Waals surface area contributed by atoms with Gasteiger partial charge in [0, 0.05) is 12.2 Å². The van der Waals surface area contributed by atoms with Crippen molar-refractivity contribution in [1.82, 2.24) is 5.32 Å². The molecule has 2 aromatic carbocycles. The van der Waals surface area contributed by atoms with E-state index >= 15 is 0 Å². The molecule has 0 saturated heterocycles. The Balaban J connectivity index is 1.61. The van der Waals surface area contributed by atoms with Crippen molar-refractivity contribution in [1.29, 1.82) is 5.26 Å². The Morgan fingerprint density at radius 3 is 2.72 bits per heavy atom. The molecule has 10 heteroatoms. The number of urea groups is 1. The lowest BCUT2D eigenvalue weighted by Gasteiger charge is -2.22. The summed E-state index contributed by atoms with van der Waals surface area (Å²) in [5.41, 5.74) is 1.73. The number of aliphatic hydroxyl groups is 1. The highest BCUT2D eigenvalue weighted by Crippen LogP contribution is 2.38. The van der Waals surface area contributed by atoms with Crippen LogP contribution in [0.4, 0.5) is 23.7 Å². The predicted molar refractivity (Wildman–Crippen MR) is 96.7 cm³/mol.